The topological polar surface area (TPSA) is 74.8 Å². The number of piperidine rings is 1. The van der Waals surface area contributed by atoms with Gasteiger partial charge in [0.1, 0.15) is 11.7 Å². The van der Waals surface area contributed by atoms with Crippen LogP contribution in [0.15, 0.2) is 43.0 Å². The number of likely N-dealkylation sites (tertiary alicyclic amines) is 1. The molecular weight excluding hydrogens is 352 g/mol. The number of amides is 1. The molecule has 1 fully saturated rings. The van der Waals surface area contributed by atoms with Gasteiger partial charge in [-0.05, 0) is 18.2 Å². The van der Waals surface area contributed by atoms with Gasteiger partial charge >= 0.3 is 0 Å². The van der Waals surface area contributed by atoms with Gasteiger partial charge < -0.3 is 4.90 Å². The Morgan fingerprint density at radius 2 is 1.96 bits per heavy atom. The fourth-order valence-electron chi connectivity index (χ4n) is 3.19. The number of rotatable bonds is 2. The zero-order chi connectivity index (χ0) is 19.0. The van der Waals surface area contributed by atoms with Gasteiger partial charge in [0.15, 0.2) is 0 Å². The van der Waals surface area contributed by atoms with E-state index >= 15 is 0 Å². The maximum Gasteiger partial charge on any atom is 0.255 e. The molecule has 0 atom stereocenters. The van der Waals surface area contributed by atoms with Crippen LogP contribution in [0.4, 0.5) is 8.78 Å². The molecule has 4 heterocycles. The van der Waals surface area contributed by atoms with Gasteiger partial charge in [-0.15, -0.1) is 0 Å². The van der Waals surface area contributed by atoms with E-state index in [0.717, 1.165) is 5.39 Å². The minimum atomic E-state index is -2.69. The van der Waals surface area contributed by atoms with Crippen molar-refractivity contribution >= 4 is 16.9 Å². The number of hydrogen-bond donors (Lipinski definition) is 0. The monoisotopic (exact) mass is 367 g/mol. The van der Waals surface area contributed by atoms with Gasteiger partial charge in [-0.2, -0.15) is 5.26 Å². The third kappa shape index (κ3) is 3.24. The average Bonchev–Trinajstić information content (AvgIpc) is 3.10. The Labute approximate surface area is 153 Å². The molecule has 0 aliphatic carbocycles. The second-order valence-corrected chi connectivity index (χ2v) is 6.51. The molecule has 0 radical (unpaired) electrons. The minimum absolute atomic E-state index is 0.0392. The lowest BCUT2D eigenvalue weighted by atomic mass is 10.1. The number of nitriles is 1. The number of halogens is 2. The largest absolute Gasteiger partial charge is 0.338 e. The predicted octanol–water partition coefficient (Wildman–Crippen LogP) is 3.16. The normalized spacial score (nSPS) is 16.3. The molecule has 1 aliphatic rings. The number of nitrogens with zero attached hydrogens (tertiary/aromatic N) is 5. The smallest absolute Gasteiger partial charge is 0.255 e. The van der Waals surface area contributed by atoms with E-state index in [1.54, 1.807) is 29.1 Å². The first-order chi connectivity index (χ1) is 13.0. The van der Waals surface area contributed by atoms with E-state index in [-0.39, 0.29) is 31.8 Å². The zero-order valence-corrected chi connectivity index (χ0v) is 14.3. The molecule has 136 valence electrons. The fraction of sp³-hybridized carbons (Fsp3) is 0.263. The summed E-state index contributed by atoms with van der Waals surface area (Å²) in [5.41, 5.74) is 2.11. The average molecular weight is 367 g/mol. The summed E-state index contributed by atoms with van der Waals surface area (Å²) in [5.74, 6) is -2.98. The van der Waals surface area contributed by atoms with Crippen molar-refractivity contribution in [2.45, 2.75) is 18.8 Å². The number of hydrogen-bond acceptors (Lipinski definition) is 4. The van der Waals surface area contributed by atoms with E-state index in [9.17, 15) is 13.6 Å². The Bertz CT molecular complexity index is 1060. The second kappa shape index (κ2) is 6.43. The SMILES string of the molecule is N#Cc1cncc(-n2ccc3cc(C(=O)N4CCC(F)(F)CC4)cnc32)c1. The van der Waals surface area contributed by atoms with Crippen molar-refractivity contribution in [2.75, 3.05) is 13.1 Å². The first-order valence-electron chi connectivity index (χ1n) is 8.47. The highest BCUT2D eigenvalue weighted by molar-refractivity contribution is 5.97. The van der Waals surface area contributed by atoms with E-state index < -0.39 is 5.92 Å². The standard InChI is InChI=1S/C19H15F2N5O/c20-19(21)2-5-25(6-3-19)18(27)15-8-14-1-4-26(17(14)24-11-15)16-7-13(9-22)10-23-12-16/h1,4,7-8,10-12H,2-3,5-6H2. The Kier molecular flexibility index (Phi) is 4.07. The molecule has 0 saturated carbocycles. The maximum atomic E-state index is 13.3. The van der Waals surface area contributed by atoms with Gasteiger partial charge in [0.05, 0.1) is 23.0 Å². The summed E-state index contributed by atoms with van der Waals surface area (Å²) >= 11 is 0. The third-order valence-corrected chi connectivity index (χ3v) is 4.69. The minimum Gasteiger partial charge on any atom is -0.338 e. The molecular formula is C19H15F2N5O. The first-order valence-corrected chi connectivity index (χ1v) is 8.47. The van der Waals surface area contributed by atoms with Crippen molar-refractivity contribution in [3.05, 3.63) is 54.1 Å². The number of fused-ring (bicyclic) bond motifs is 1. The first kappa shape index (κ1) is 17.1. The molecule has 27 heavy (non-hydrogen) atoms. The van der Waals surface area contributed by atoms with Crippen LogP contribution in [-0.4, -0.2) is 44.4 Å². The van der Waals surface area contributed by atoms with Gasteiger partial charge in [-0.1, -0.05) is 0 Å². The van der Waals surface area contributed by atoms with Crippen LogP contribution < -0.4 is 0 Å². The van der Waals surface area contributed by atoms with Crippen LogP contribution in [0.2, 0.25) is 0 Å². The van der Waals surface area contributed by atoms with Crippen LogP contribution in [0.3, 0.4) is 0 Å². The lowest BCUT2D eigenvalue weighted by Gasteiger charge is -2.31. The third-order valence-electron chi connectivity index (χ3n) is 4.69. The Morgan fingerprint density at radius 3 is 2.70 bits per heavy atom. The molecule has 0 N–H and O–H groups in total. The fourth-order valence-corrected chi connectivity index (χ4v) is 3.19. The van der Waals surface area contributed by atoms with Crippen LogP contribution in [0.5, 0.6) is 0 Å². The number of pyridine rings is 2. The number of carbonyl (C=O) groups excluding carboxylic acids is 1. The Balaban J connectivity index is 1.63. The van der Waals surface area contributed by atoms with Crippen LogP contribution in [-0.2, 0) is 0 Å². The van der Waals surface area contributed by atoms with E-state index in [0.29, 0.717) is 22.5 Å². The molecule has 1 saturated heterocycles. The molecule has 8 heteroatoms. The molecule has 4 rings (SSSR count). The van der Waals surface area contributed by atoms with Crippen molar-refractivity contribution < 1.29 is 13.6 Å². The number of carbonyl (C=O) groups is 1. The maximum absolute atomic E-state index is 13.3. The van der Waals surface area contributed by atoms with Gasteiger partial charge in [-0.3, -0.25) is 14.3 Å². The van der Waals surface area contributed by atoms with Crippen molar-refractivity contribution in [3.63, 3.8) is 0 Å². The molecule has 0 aromatic carbocycles. The van der Waals surface area contributed by atoms with Crippen molar-refractivity contribution in [3.8, 4) is 11.8 Å². The predicted molar refractivity (Wildman–Crippen MR) is 93.7 cm³/mol. The molecule has 0 unspecified atom stereocenters. The summed E-state index contributed by atoms with van der Waals surface area (Å²) in [4.78, 5) is 22.5. The number of aromatic nitrogens is 3. The van der Waals surface area contributed by atoms with Crippen LogP contribution in [0, 0.1) is 11.3 Å². The molecule has 3 aromatic heterocycles. The molecule has 3 aromatic rings. The summed E-state index contributed by atoms with van der Waals surface area (Å²) in [6.07, 6.45) is 5.71. The van der Waals surface area contributed by atoms with E-state index in [2.05, 4.69) is 9.97 Å². The highest BCUT2D eigenvalue weighted by atomic mass is 19.3. The molecule has 1 amide bonds. The number of alkyl halides is 2. The van der Waals surface area contributed by atoms with Crippen molar-refractivity contribution in [2.24, 2.45) is 0 Å². The Morgan fingerprint density at radius 1 is 1.19 bits per heavy atom. The zero-order valence-electron chi connectivity index (χ0n) is 14.3. The van der Waals surface area contributed by atoms with Crippen molar-refractivity contribution in [1.82, 2.24) is 19.4 Å². The molecule has 0 spiro atoms. The lowest BCUT2D eigenvalue weighted by Crippen LogP contribution is -2.42. The van der Waals surface area contributed by atoms with Gasteiger partial charge in [-0.25, -0.2) is 13.8 Å². The van der Waals surface area contributed by atoms with Gasteiger partial charge in [0, 0.05) is 49.9 Å². The summed E-state index contributed by atoms with van der Waals surface area (Å²) in [6, 6.07) is 7.25. The van der Waals surface area contributed by atoms with Crippen LogP contribution in [0.25, 0.3) is 16.7 Å². The van der Waals surface area contributed by atoms with E-state index in [1.807, 2.05) is 12.1 Å². The molecule has 6 nitrogen and oxygen atoms in total. The van der Waals surface area contributed by atoms with E-state index in [4.69, 9.17) is 5.26 Å². The summed E-state index contributed by atoms with van der Waals surface area (Å²) < 4.78 is 28.4. The summed E-state index contributed by atoms with van der Waals surface area (Å²) in [5, 5.41) is 9.76. The van der Waals surface area contributed by atoms with Crippen LogP contribution in [0.1, 0.15) is 28.8 Å². The Hall–Kier alpha value is -3.34. The van der Waals surface area contributed by atoms with Crippen molar-refractivity contribution in [1.29, 1.82) is 5.26 Å². The van der Waals surface area contributed by atoms with Gasteiger partial charge in [0.25, 0.3) is 11.8 Å². The molecule has 0 bridgehead atoms. The quantitative estimate of drug-likeness (QED) is 0.697. The summed E-state index contributed by atoms with van der Waals surface area (Å²) in [7, 11) is 0. The van der Waals surface area contributed by atoms with E-state index in [1.165, 1.54) is 17.3 Å². The molecule has 1 aliphatic heterocycles. The van der Waals surface area contributed by atoms with Crippen LogP contribution >= 0.6 is 0 Å². The van der Waals surface area contributed by atoms with Gasteiger partial charge in [0.2, 0.25) is 0 Å². The second-order valence-electron chi connectivity index (χ2n) is 6.51. The summed E-state index contributed by atoms with van der Waals surface area (Å²) in [6.45, 7) is 0.0784. The highest BCUT2D eigenvalue weighted by Gasteiger charge is 2.35. The lowest BCUT2D eigenvalue weighted by molar-refractivity contribution is -0.0494. The highest BCUT2D eigenvalue weighted by Crippen LogP contribution is 2.28.